The minimum Gasteiger partial charge on any atom is -0.479 e. The van der Waals surface area contributed by atoms with Crippen molar-refractivity contribution in [2.24, 2.45) is 0 Å². The van der Waals surface area contributed by atoms with Crippen molar-refractivity contribution in [1.82, 2.24) is 0 Å². The number of aliphatic hydroxyl groups is 1. The molecular formula is C5H8O4S. The van der Waals surface area contributed by atoms with Crippen LogP contribution in [-0.2, 0) is 9.53 Å². The molecule has 4 nitrogen and oxygen atoms in total. The first-order valence-corrected chi connectivity index (χ1v) is 3.89. The van der Waals surface area contributed by atoms with E-state index < -0.39 is 11.4 Å². The number of carboxylic acid groups (broad SMARTS) is 1. The van der Waals surface area contributed by atoms with E-state index in [1.54, 1.807) is 0 Å². The van der Waals surface area contributed by atoms with Crippen molar-refractivity contribution in [3.8, 4) is 0 Å². The zero-order chi connectivity index (χ0) is 7.56. The topological polar surface area (TPSA) is 70.1 Å². The van der Waals surface area contributed by atoms with Gasteiger partial charge >= 0.3 is 5.97 Å². The van der Waals surface area contributed by atoms with Crippen LogP contribution in [0.1, 0.15) is 0 Å². The molecule has 1 saturated heterocycles. The van der Waals surface area contributed by atoms with E-state index in [-0.39, 0.29) is 6.10 Å². The highest BCUT2D eigenvalue weighted by Crippen LogP contribution is 2.18. The van der Waals surface area contributed by atoms with E-state index in [1.807, 2.05) is 0 Å². The van der Waals surface area contributed by atoms with Gasteiger partial charge < -0.3 is 14.9 Å². The van der Waals surface area contributed by atoms with Crippen LogP contribution in [0.25, 0.3) is 0 Å². The van der Waals surface area contributed by atoms with Crippen molar-refractivity contribution in [2.75, 3.05) is 12.4 Å². The molecule has 1 fully saturated rings. The van der Waals surface area contributed by atoms with Crippen LogP contribution in [0.3, 0.4) is 0 Å². The van der Waals surface area contributed by atoms with Gasteiger partial charge in [0.15, 0.2) is 5.44 Å². The summed E-state index contributed by atoms with van der Waals surface area (Å²) in [5, 5.41) is 16.9. The van der Waals surface area contributed by atoms with Gasteiger partial charge in [-0.2, -0.15) is 0 Å². The Balaban J connectivity index is 2.05. The minimum absolute atomic E-state index is 0.166. The Labute approximate surface area is 62.2 Å². The Bertz CT molecular complexity index is 134. The van der Waals surface area contributed by atoms with Crippen molar-refractivity contribution in [2.45, 2.75) is 11.5 Å². The second-order valence-electron chi connectivity index (χ2n) is 1.98. The molecule has 0 saturated carbocycles. The number of carbonyl (C=O) groups is 1. The first-order chi connectivity index (χ1) is 4.70. The highest BCUT2D eigenvalue weighted by atomic mass is 32.2. The second-order valence-corrected chi connectivity index (χ2v) is 3.09. The summed E-state index contributed by atoms with van der Waals surface area (Å²) in [7, 11) is 0. The number of ether oxygens (including phenoxy) is 1. The van der Waals surface area contributed by atoms with Crippen molar-refractivity contribution in [3.05, 3.63) is 0 Å². The predicted octanol–water partition coefficient (Wildman–Crippen LogP) is -0.479. The lowest BCUT2D eigenvalue weighted by Crippen LogP contribution is -2.16. The first kappa shape index (κ1) is 7.84. The molecule has 58 valence electrons. The van der Waals surface area contributed by atoms with Crippen LogP contribution in [0.15, 0.2) is 0 Å². The summed E-state index contributed by atoms with van der Waals surface area (Å²) in [6, 6.07) is 0. The SMILES string of the molecule is O=C(O)C(O)SCC1CO1. The van der Waals surface area contributed by atoms with Gasteiger partial charge in [-0.3, -0.25) is 0 Å². The number of hydrogen-bond acceptors (Lipinski definition) is 4. The van der Waals surface area contributed by atoms with Crippen LogP contribution in [0.4, 0.5) is 0 Å². The van der Waals surface area contributed by atoms with Crippen molar-refractivity contribution < 1.29 is 19.7 Å². The number of carboxylic acids is 1. The molecule has 0 aliphatic carbocycles. The summed E-state index contributed by atoms with van der Waals surface area (Å²) in [5.41, 5.74) is -1.30. The van der Waals surface area contributed by atoms with E-state index in [1.165, 1.54) is 0 Å². The van der Waals surface area contributed by atoms with Crippen LogP contribution in [-0.4, -0.2) is 40.1 Å². The molecule has 2 unspecified atom stereocenters. The number of hydrogen-bond donors (Lipinski definition) is 2. The van der Waals surface area contributed by atoms with Crippen LogP contribution in [0.2, 0.25) is 0 Å². The third kappa shape index (κ3) is 2.55. The molecule has 1 heterocycles. The lowest BCUT2D eigenvalue weighted by Gasteiger charge is -2.01. The molecule has 10 heavy (non-hydrogen) atoms. The second kappa shape index (κ2) is 3.23. The molecule has 0 spiro atoms. The van der Waals surface area contributed by atoms with Gasteiger partial charge in [0.25, 0.3) is 0 Å². The average Bonchev–Trinajstić information content (AvgIpc) is 2.64. The van der Waals surface area contributed by atoms with Crippen LogP contribution in [0.5, 0.6) is 0 Å². The fourth-order valence-corrected chi connectivity index (χ4v) is 1.17. The Morgan fingerprint density at radius 1 is 1.90 bits per heavy atom. The molecule has 0 aromatic carbocycles. The van der Waals surface area contributed by atoms with Crippen molar-refractivity contribution in [1.29, 1.82) is 0 Å². The van der Waals surface area contributed by atoms with E-state index in [2.05, 4.69) is 0 Å². The zero-order valence-corrected chi connectivity index (χ0v) is 6.00. The van der Waals surface area contributed by atoms with E-state index in [9.17, 15) is 4.79 Å². The van der Waals surface area contributed by atoms with Gasteiger partial charge in [0.05, 0.1) is 12.7 Å². The first-order valence-electron chi connectivity index (χ1n) is 2.84. The zero-order valence-electron chi connectivity index (χ0n) is 5.19. The van der Waals surface area contributed by atoms with Crippen LogP contribution >= 0.6 is 11.8 Å². The molecule has 0 amide bonds. The largest absolute Gasteiger partial charge is 0.479 e. The summed E-state index contributed by atoms with van der Waals surface area (Å²) in [6.07, 6.45) is 0.166. The molecule has 1 aliphatic heterocycles. The molecular weight excluding hydrogens is 156 g/mol. The molecule has 2 N–H and O–H groups in total. The van der Waals surface area contributed by atoms with E-state index in [0.717, 1.165) is 11.8 Å². The number of epoxide rings is 1. The minimum atomic E-state index is -1.30. The predicted molar refractivity (Wildman–Crippen MR) is 35.8 cm³/mol. The lowest BCUT2D eigenvalue weighted by molar-refractivity contribution is -0.141. The fraction of sp³-hybridized carbons (Fsp3) is 0.800. The standard InChI is InChI=1S/C5H8O4S/c6-4(7)5(8)10-2-3-1-9-3/h3,5,8H,1-2H2,(H,6,7). The highest BCUT2D eigenvalue weighted by molar-refractivity contribution is 8.00. The molecule has 0 aromatic heterocycles. The van der Waals surface area contributed by atoms with Crippen molar-refractivity contribution in [3.63, 3.8) is 0 Å². The summed E-state index contributed by atoms with van der Waals surface area (Å²) < 4.78 is 4.81. The quantitative estimate of drug-likeness (QED) is 0.434. The van der Waals surface area contributed by atoms with E-state index in [4.69, 9.17) is 14.9 Å². The average molecular weight is 164 g/mol. The fourth-order valence-electron chi connectivity index (χ4n) is 0.434. The van der Waals surface area contributed by atoms with Gasteiger partial charge in [-0.05, 0) is 0 Å². The molecule has 2 atom stereocenters. The summed E-state index contributed by atoms with van der Waals surface area (Å²) >= 11 is 0.986. The van der Waals surface area contributed by atoms with E-state index >= 15 is 0 Å². The number of rotatable bonds is 4. The smallest absolute Gasteiger partial charge is 0.343 e. The van der Waals surface area contributed by atoms with Gasteiger partial charge in [-0.25, -0.2) is 4.79 Å². The molecule has 0 aromatic rings. The number of aliphatic hydroxyl groups excluding tert-OH is 1. The van der Waals surface area contributed by atoms with Gasteiger partial charge in [0.1, 0.15) is 0 Å². The van der Waals surface area contributed by atoms with Crippen molar-refractivity contribution >= 4 is 17.7 Å². The molecule has 5 heteroatoms. The maximum absolute atomic E-state index is 10.0. The van der Waals surface area contributed by atoms with Crippen LogP contribution in [0, 0.1) is 0 Å². The van der Waals surface area contributed by atoms with Gasteiger partial charge in [0.2, 0.25) is 0 Å². The summed E-state index contributed by atoms with van der Waals surface area (Å²) in [5.74, 6) is -0.626. The van der Waals surface area contributed by atoms with Gasteiger partial charge in [0, 0.05) is 5.75 Å². The Morgan fingerprint density at radius 3 is 2.90 bits per heavy atom. The third-order valence-electron chi connectivity index (χ3n) is 1.05. The molecule has 0 bridgehead atoms. The maximum Gasteiger partial charge on any atom is 0.343 e. The molecule has 1 rings (SSSR count). The Morgan fingerprint density at radius 2 is 2.50 bits per heavy atom. The lowest BCUT2D eigenvalue weighted by atomic mass is 10.6. The molecule has 0 radical (unpaired) electrons. The van der Waals surface area contributed by atoms with Gasteiger partial charge in [-0.15, -0.1) is 11.8 Å². The van der Waals surface area contributed by atoms with E-state index in [0.29, 0.717) is 12.4 Å². The summed E-state index contributed by atoms with van der Waals surface area (Å²) in [4.78, 5) is 10.0. The Kier molecular flexibility index (Phi) is 2.53. The van der Waals surface area contributed by atoms with Crippen LogP contribution < -0.4 is 0 Å². The number of aliphatic carboxylic acids is 1. The number of thioether (sulfide) groups is 1. The summed E-state index contributed by atoms with van der Waals surface area (Å²) in [6.45, 7) is 0.694. The normalized spacial score (nSPS) is 25.9. The monoisotopic (exact) mass is 164 g/mol. The maximum atomic E-state index is 10.0. The highest BCUT2D eigenvalue weighted by Gasteiger charge is 2.25. The van der Waals surface area contributed by atoms with Gasteiger partial charge in [-0.1, -0.05) is 0 Å². The third-order valence-corrected chi connectivity index (χ3v) is 2.14. The Hall–Kier alpha value is -0.260. The molecule has 1 aliphatic rings.